The molecule has 0 saturated carbocycles. The number of piperidine rings is 1. The van der Waals surface area contributed by atoms with Crippen molar-refractivity contribution < 1.29 is 0 Å². The van der Waals surface area contributed by atoms with E-state index in [1.165, 1.54) is 31.2 Å². The largest absolute Gasteiger partial charge is 0.371 e. The normalized spacial score (nSPS) is 15.6. The molecule has 1 saturated heterocycles. The van der Waals surface area contributed by atoms with Crippen LogP contribution in [0.3, 0.4) is 0 Å². The number of hydrogen-bond acceptors (Lipinski definition) is 2. The second kappa shape index (κ2) is 7.14. The van der Waals surface area contributed by atoms with Crippen LogP contribution in [0.2, 0.25) is 0 Å². The van der Waals surface area contributed by atoms with E-state index in [2.05, 4.69) is 46.3 Å². The Bertz CT molecular complexity index is 893. The van der Waals surface area contributed by atoms with Gasteiger partial charge in [-0.2, -0.15) is 0 Å². The van der Waals surface area contributed by atoms with Crippen molar-refractivity contribution in [3.8, 4) is 0 Å². The van der Waals surface area contributed by atoms with E-state index in [1.54, 1.807) is 6.07 Å². The number of anilines is 1. The predicted molar refractivity (Wildman–Crippen MR) is 104 cm³/mol. The average Bonchev–Trinajstić information content (AvgIpc) is 2.67. The molecule has 2 heterocycles. The van der Waals surface area contributed by atoms with Gasteiger partial charge in [-0.15, -0.1) is 0 Å². The van der Waals surface area contributed by atoms with E-state index in [-0.39, 0.29) is 5.56 Å². The third-order valence-electron chi connectivity index (χ3n) is 5.37. The minimum absolute atomic E-state index is 0.0140. The van der Waals surface area contributed by atoms with Gasteiger partial charge in [0.05, 0.1) is 11.2 Å². The lowest BCUT2D eigenvalue weighted by Crippen LogP contribution is -2.34. The fourth-order valence-electron chi connectivity index (χ4n) is 3.93. The SMILES string of the molecule is O=c1cc(N2CCC(CCc3ccccc3)CC2)c2ccccc2[nH]1. The monoisotopic (exact) mass is 332 g/mol. The van der Waals surface area contributed by atoms with Gasteiger partial charge in [0.1, 0.15) is 0 Å². The third-order valence-corrected chi connectivity index (χ3v) is 5.37. The van der Waals surface area contributed by atoms with Crippen LogP contribution in [0.1, 0.15) is 24.8 Å². The van der Waals surface area contributed by atoms with Crippen molar-refractivity contribution in [2.45, 2.75) is 25.7 Å². The molecule has 1 aliphatic rings. The number of aryl methyl sites for hydroxylation is 1. The Balaban J connectivity index is 1.43. The van der Waals surface area contributed by atoms with Gasteiger partial charge in [0.2, 0.25) is 5.56 Å². The maximum absolute atomic E-state index is 12.0. The number of para-hydroxylation sites is 1. The number of aromatic amines is 1. The fourth-order valence-corrected chi connectivity index (χ4v) is 3.93. The quantitative estimate of drug-likeness (QED) is 0.770. The second-order valence-corrected chi connectivity index (χ2v) is 7.02. The summed E-state index contributed by atoms with van der Waals surface area (Å²) in [6, 6.07) is 20.6. The Labute approximate surface area is 148 Å². The minimum atomic E-state index is -0.0140. The molecule has 3 nitrogen and oxygen atoms in total. The van der Waals surface area contributed by atoms with Crippen LogP contribution >= 0.6 is 0 Å². The number of hydrogen-bond donors (Lipinski definition) is 1. The molecule has 0 unspecified atom stereocenters. The maximum atomic E-state index is 12.0. The van der Waals surface area contributed by atoms with Gasteiger partial charge in [-0.05, 0) is 43.2 Å². The van der Waals surface area contributed by atoms with E-state index >= 15 is 0 Å². The van der Waals surface area contributed by atoms with Gasteiger partial charge in [-0.25, -0.2) is 0 Å². The van der Waals surface area contributed by atoms with Crippen LogP contribution in [0.5, 0.6) is 0 Å². The first-order chi connectivity index (χ1) is 12.3. The molecule has 4 rings (SSSR count). The topological polar surface area (TPSA) is 36.1 Å². The molecule has 128 valence electrons. The molecule has 0 atom stereocenters. The number of pyridine rings is 1. The van der Waals surface area contributed by atoms with Crippen molar-refractivity contribution >= 4 is 16.6 Å². The molecule has 0 amide bonds. The van der Waals surface area contributed by atoms with Crippen LogP contribution < -0.4 is 10.5 Å². The molecule has 25 heavy (non-hydrogen) atoms. The number of benzene rings is 2. The fraction of sp³-hybridized carbons (Fsp3) is 0.318. The highest BCUT2D eigenvalue weighted by atomic mass is 16.1. The number of rotatable bonds is 4. The molecule has 0 aliphatic carbocycles. The van der Waals surface area contributed by atoms with Crippen LogP contribution in [-0.4, -0.2) is 18.1 Å². The molecule has 0 radical (unpaired) electrons. The number of fused-ring (bicyclic) bond motifs is 1. The first kappa shape index (κ1) is 15.9. The van der Waals surface area contributed by atoms with Crippen LogP contribution in [0.25, 0.3) is 10.9 Å². The summed E-state index contributed by atoms with van der Waals surface area (Å²) >= 11 is 0. The van der Waals surface area contributed by atoms with E-state index in [1.807, 2.05) is 18.2 Å². The molecule has 3 heteroatoms. The standard InChI is InChI=1S/C22H24N2O/c25-22-16-21(19-8-4-5-9-20(19)23-22)24-14-12-18(13-15-24)11-10-17-6-2-1-3-7-17/h1-9,16,18H,10-15H2,(H,23,25). The number of nitrogens with one attached hydrogen (secondary N) is 1. The molecule has 2 aromatic carbocycles. The summed E-state index contributed by atoms with van der Waals surface area (Å²) in [5, 5.41) is 1.14. The highest BCUT2D eigenvalue weighted by Crippen LogP contribution is 2.29. The van der Waals surface area contributed by atoms with Gasteiger partial charge in [0.15, 0.2) is 0 Å². The van der Waals surface area contributed by atoms with Crippen LogP contribution in [0.15, 0.2) is 65.5 Å². The third kappa shape index (κ3) is 3.60. The van der Waals surface area contributed by atoms with E-state index < -0.39 is 0 Å². The van der Waals surface area contributed by atoms with Gasteiger partial charge in [0.25, 0.3) is 0 Å². The van der Waals surface area contributed by atoms with Crippen molar-refractivity contribution in [3.05, 3.63) is 76.6 Å². The molecular formula is C22H24N2O. The molecular weight excluding hydrogens is 308 g/mol. The van der Waals surface area contributed by atoms with E-state index in [0.717, 1.165) is 35.6 Å². The molecule has 3 aromatic rings. The lowest BCUT2D eigenvalue weighted by atomic mass is 9.90. The van der Waals surface area contributed by atoms with Crippen molar-refractivity contribution in [3.63, 3.8) is 0 Å². The summed E-state index contributed by atoms with van der Waals surface area (Å²) < 4.78 is 0. The smallest absolute Gasteiger partial charge is 0.250 e. The van der Waals surface area contributed by atoms with Gasteiger partial charge < -0.3 is 9.88 Å². The molecule has 1 aliphatic heterocycles. The number of H-pyrrole nitrogens is 1. The molecule has 1 aromatic heterocycles. The Kier molecular flexibility index (Phi) is 4.55. The summed E-state index contributed by atoms with van der Waals surface area (Å²) in [6.07, 6.45) is 4.83. The van der Waals surface area contributed by atoms with Crippen molar-refractivity contribution in [1.82, 2.24) is 4.98 Å². The van der Waals surface area contributed by atoms with Crippen molar-refractivity contribution in [2.24, 2.45) is 5.92 Å². The Hall–Kier alpha value is -2.55. The van der Waals surface area contributed by atoms with Crippen LogP contribution in [0.4, 0.5) is 5.69 Å². The van der Waals surface area contributed by atoms with Gasteiger partial charge in [-0.3, -0.25) is 4.79 Å². The molecule has 1 N–H and O–H groups in total. The zero-order chi connectivity index (χ0) is 17.1. The van der Waals surface area contributed by atoms with Gasteiger partial charge in [0, 0.05) is 24.5 Å². The van der Waals surface area contributed by atoms with Crippen molar-refractivity contribution in [1.29, 1.82) is 0 Å². The molecule has 1 fully saturated rings. The summed E-state index contributed by atoms with van der Waals surface area (Å²) in [4.78, 5) is 17.3. The summed E-state index contributed by atoms with van der Waals surface area (Å²) in [6.45, 7) is 2.07. The lowest BCUT2D eigenvalue weighted by molar-refractivity contribution is 0.382. The maximum Gasteiger partial charge on any atom is 0.250 e. The zero-order valence-corrected chi connectivity index (χ0v) is 14.4. The van der Waals surface area contributed by atoms with Crippen LogP contribution in [-0.2, 0) is 6.42 Å². The predicted octanol–water partition coefficient (Wildman–Crippen LogP) is 4.38. The summed E-state index contributed by atoms with van der Waals surface area (Å²) in [5.41, 5.74) is 3.43. The first-order valence-corrected chi connectivity index (χ1v) is 9.20. The van der Waals surface area contributed by atoms with Gasteiger partial charge in [-0.1, -0.05) is 48.5 Å². The highest BCUT2D eigenvalue weighted by Gasteiger charge is 2.21. The first-order valence-electron chi connectivity index (χ1n) is 9.20. The van der Waals surface area contributed by atoms with E-state index in [4.69, 9.17) is 0 Å². The van der Waals surface area contributed by atoms with Gasteiger partial charge >= 0.3 is 0 Å². The van der Waals surface area contributed by atoms with Crippen molar-refractivity contribution in [2.75, 3.05) is 18.0 Å². The second-order valence-electron chi connectivity index (χ2n) is 7.02. The molecule has 0 spiro atoms. The summed E-state index contributed by atoms with van der Waals surface area (Å²) in [5.74, 6) is 0.782. The zero-order valence-electron chi connectivity index (χ0n) is 14.4. The minimum Gasteiger partial charge on any atom is -0.371 e. The number of aromatic nitrogens is 1. The molecule has 0 bridgehead atoms. The Morgan fingerprint density at radius 1 is 0.960 bits per heavy atom. The lowest BCUT2D eigenvalue weighted by Gasteiger charge is -2.34. The average molecular weight is 332 g/mol. The Morgan fingerprint density at radius 3 is 2.48 bits per heavy atom. The summed E-state index contributed by atoms with van der Waals surface area (Å²) in [7, 11) is 0. The Morgan fingerprint density at radius 2 is 1.68 bits per heavy atom. The van der Waals surface area contributed by atoms with E-state index in [9.17, 15) is 4.79 Å². The van der Waals surface area contributed by atoms with Crippen LogP contribution in [0, 0.1) is 5.92 Å². The highest BCUT2D eigenvalue weighted by molar-refractivity contribution is 5.91. The number of nitrogens with zero attached hydrogens (tertiary/aromatic N) is 1. The van der Waals surface area contributed by atoms with E-state index in [0.29, 0.717) is 0 Å².